The molecule has 0 amide bonds. The van der Waals surface area contributed by atoms with E-state index in [1.807, 2.05) is 0 Å². The van der Waals surface area contributed by atoms with E-state index in [4.69, 9.17) is 5.11 Å². The number of carboxylic acids is 1. The van der Waals surface area contributed by atoms with Crippen LogP contribution in [0.4, 0.5) is 0 Å². The van der Waals surface area contributed by atoms with E-state index in [0.29, 0.717) is 5.69 Å². The molecule has 1 saturated carbocycles. The van der Waals surface area contributed by atoms with Gasteiger partial charge in [0, 0.05) is 17.9 Å². The van der Waals surface area contributed by atoms with Gasteiger partial charge in [0.25, 0.3) is 0 Å². The highest BCUT2D eigenvalue weighted by Gasteiger charge is 2.27. The van der Waals surface area contributed by atoms with E-state index in [1.165, 1.54) is 10.8 Å². The lowest BCUT2D eigenvalue weighted by atomic mass is 10.3. The first-order chi connectivity index (χ1) is 6.68. The second-order valence-corrected chi connectivity index (χ2v) is 3.39. The molecule has 1 aliphatic carbocycles. The molecular weight excluding hydrogens is 184 g/mol. The van der Waals surface area contributed by atoms with Gasteiger partial charge in [0.2, 0.25) is 0 Å². The quantitative estimate of drug-likeness (QED) is 0.746. The fourth-order valence-electron chi connectivity index (χ4n) is 1.47. The van der Waals surface area contributed by atoms with Gasteiger partial charge >= 0.3 is 11.7 Å². The third-order valence-corrected chi connectivity index (χ3v) is 2.21. The van der Waals surface area contributed by atoms with Gasteiger partial charge in [0.05, 0.1) is 6.42 Å². The molecule has 1 fully saturated rings. The Morgan fingerprint density at radius 3 is 2.93 bits per heavy atom. The lowest BCUT2D eigenvalue weighted by molar-refractivity contribution is -0.136. The largest absolute Gasteiger partial charge is 0.481 e. The molecule has 1 N–H and O–H groups in total. The molecule has 1 heterocycles. The molecule has 1 aromatic rings. The van der Waals surface area contributed by atoms with E-state index >= 15 is 0 Å². The first-order valence-corrected chi connectivity index (χ1v) is 4.46. The molecule has 5 heteroatoms. The molecule has 14 heavy (non-hydrogen) atoms. The second kappa shape index (κ2) is 3.25. The zero-order valence-electron chi connectivity index (χ0n) is 7.51. The van der Waals surface area contributed by atoms with Crippen molar-refractivity contribution in [2.75, 3.05) is 0 Å². The Morgan fingerprint density at radius 1 is 1.64 bits per heavy atom. The van der Waals surface area contributed by atoms with Crippen LogP contribution in [0.2, 0.25) is 0 Å². The van der Waals surface area contributed by atoms with Crippen molar-refractivity contribution in [3.05, 3.63) is 28.4 Å². The van der Waals surface area contributed by atoms with Crippen molar-refractivity contribution in [3.63, 3.8) is 0 Å². The first-order valence-electron chi connectivity index (χ1n) is 4.46. The van der Waals surface area contributed by atoms with E-state index in [9.17, 15) is 9.59 Å². The molecular formula is C9H10N2O3. The predicted molar refractivity (Wildman–Crippen MR) is 48.1 cm³/mol. The maximum absolute atomic E-state index is 11.4. The molecule has 2 rings (SSSR count). The Hall–Kier alpha value is -1.65. The van der Waals surface area contributed by atoms with E-state index < -0.39 is 5.97 Å². The van der Waals surface area contributed by atoms with Gasteiger partial charge in [0.1, 0.15) is 0 Å². The zero-order chi connectivity index (χ0) is 10.1. The Kier molecular flexibility index (Phi) is 2.07. The van der Waals surface area contributed by atoms with Crippen molar-refractivity contribution >= 4 is 5.97 Å². The molecule has 0 spiro atoms. The maximum Gasteiger partial charge on any atom is 0.347 e. The number of aliphatic carboxylic acids is 1. The van der Waals surface area contributed by atoms with Gasteiger partial charge in [-0.2, -0.15) is 0 Å². The summed E-state index contributed by atoms with van der Waals surface area (Å²) in [6.07, 6.45) is 3.13. The van der Waals surface area contributed by atoms with Crippen molar-refractivity contribution in [2.45, 2.75) is 25.3 Å². The van der Waals surface area contributed by atoms with E-state index in [-0.39, 0.29) is 18.2 Å². The van der Waals surface area contributed by atoms with Crippen molar-refractivity contribution in [2.24, 2.45) is 0 Å². The zero-order valence-corrected chi connectivity index (χ0v) is 7.51. The fraction of sp³-hybridized carbons (Fsp3) is 0.444. The van der Waals surface area contributed by atoms with Crippen LogP contribution in [-0.2, 0) is 11.2 Å². The average Bonchev–Trinajstić information content (AvgIpc) is 2.86. The number of carbonyl (C=O) groups is 1. The summed E-state index contributed by atoms with van der Waals surface area (Å²) in [5, 5.41) is 8.65. The number of rotatable bonds is 3. The highest BCUT2D eigenvalue weighted by molar-refractivity contribution is 5.69. The molecule has 0 atom stereocenters. The van der Waals surface area contributed by atoms with Gasteiger partial charge in [-0.3, -0.25) is 9.36 Å². The molecule has 0 aliphatic heterocycles. The summed E-state index contributed by atoms with van der Waals surface area (Å²) in [6.45, 7) is 0. The van der Waals surface area contributed by atoms with Gasteiger partial charge < -0.3 is 5.11 Å². The topological polar surface area (TPSA) is 72.2 Å². The highest BCUT2D eigenvalue weighted by atomic mass is 16.4. The lowest BCUT2D eigenvalue weighted by Crippen LogP contribution is -2.25. The van der Waals surface area contributed by atoms with Crippen LogP contribution in [0.15, 0.2) is 17.1 Å². The van der Waals surface area contributed by atoms with Crippen molar-refractivity contribution in [1.82, 2.24) is 9.55 Å². The van der Waals surface area contributed by atoms with Crippen molar-refractivity contribution < 1.29 is 9.90 Å². The highest BCUT2D eigenvalue weighted by Crippen LogP contribution is 2.34. The minimum Gasteiger partial charge on any atom is -0.481 e. The van der Waals surface area contributed by atoms with Crippen LogP contribution in [0.5, 0.6) is 0 Å². The fourth-order valence-corrected chi connectivity index (χ4v) is 1.47. The third-order valence-electron chi connectivity index (χ3n) is 2.21. The first kappa shape index (κ1) is 8.93. The molecule has 1 aromatic heterocycles. The van der Waals surface area contributed by atoms with Gasteiger partial charge in [-0.05, 0) is 18.9 Å². The van der Waals surface area contributed by atoms with Crippen molar-refractivity contribution in [3.8, 4) is 0 Å². The van der Waals surface area contributed by atoms with Crippen LogP contribution in [-0.4, -0.2) is 20.6 Å². The maximum atomic E-state index is 11.4. The molecule has 74 valence electrons. The SMILES string of the molecule is O=C(O)Cc1ccnc(=O)n1C1CC1. The van der Waals surface area contributed by atoms with Crippen LogP contribution >= 0.6 is 0 Å². The van der Waals surface area contributed by atoms with Crippen LogP contribution in [0.25, 0.3) is 0 Å². The van der Waals surface area contributed by atoms with Crippen LogP contribution < -0.4 is 5.69 Å². The number of nitrogens with zero attached hydrogens (tertiary/aromatic N) is 2. The number of hydrogen-bond acceptors (Lipinski definition) is 3. The summed E-state index contributed by atoms with van der Waals surface area (Å²) in [5.41, 5.74) is 0.200. The summed E-state index contributed by atoms with van der Waals surface area (Å²) in [4.78, 5) is 25.5. The normalized spacial score (nSPS) is 15.4. The van der Waals surface area contributed by atoms with Crippen molar-refractivity contribution in [1.29, 1.82) is 0 Å². The molecule has 0 saturated heterocycles. The third kappa shape index (κ3) is 1.66. The molecule has 0 aromatic carbocycles. The van der Waals surface area contributed by atoms with E-state index in [0.717, 1.165) is 12.8 Å². The van der Waals surface area contributed by atoms with Crippen LogP contribution in [0.3, 0.4) is 0 Å². The standard InChI is InChI=1S/C9H10N2O3/c12-8(13)5-7-3-4-10-9(14)11(7)6-1-2-6/h3-4,6H,1-2,5H2,(H,12,13). The molecule has 1 aliphatic rings. The lowest BCUT2D eigenvalue weighted by Gasteiger charge is -2.07. The summed E-state index contributed by atoms with van der Waals surface area (Å²) >= 11 is 0. The van der Waals surface area contributed by atoms with Gasteiger partial charge in [-0.15, -0.1) is 0 Å². The van der Waals surface area contributed by atoms with Crippen LogP contribution in [0, 0.1) is 0 Å². The predicted octanol–water partition coefficient (Wildman–Crippen LogP) is 0.205. The molecule has 0 unspecified atom stereocenters. The number of hydrogen-bond donors (Lipinski definition) is 1. The number of aromatic nitrogens is 2. The van der Waals surface area contributed by atoms with E-state index in [1.54, 1.807) is 6.07 Å². The smallest absolute Gasteiger partial charge is 0.347 e. The average molecular weight is 194 g/mol. The Bertz CT molecular complexity index is 420. The molecule has 0 radical (unpaired) electrons. The summed E-state index contributed by atoms with van der Waals surface area (Å²) in [7, 11) is 0. The minimum absolute atomic E-state index is 0.117. The summed E-state index contributed by atoms with van der Waals surface area (Å²) in [6, 6.07) is 1.76. The molecule has 5 nitrogen and oxygen atoms in total. The summed E-state index contributed by atoms with van der Waals surface area (Å²) in [5.74, 6) is -0.926. The van der Waals surface area contributed by atoms with Crippen LogP contribution in [0.1, 0.15) is 24.6 Å². The van der Waals surface area contributed by atoms with Gasteiger partial charge in [-0.25, -0.2) is 9.78 Å². The Balaban J connectivity index is 2.42. The monoisotopic (exact) mass is 194 g/mol. The minimum atomic E-state index is -0.926. The summed E-state index contributed by atoms with van der Waals surface area (Å²) < 4.78 is 1.49. The number of carboxylic acid groups (broad SMARTS) is 1. The van der Waals surface area contributed by atoms with E-state index in [2.05, 4.69) is 4.98 Å². The van der Waals surface area contributed by atoms with Gasteiger partial charge in [-0.1, -0.05) is 0 Å². The molecule has 0 bridgehead atoms. The Morgan fingerprint density at radius 2 is 2.36 bits per heavy atom. The second-order valence-electron chi connectivity index (χ2n) is 3.39. The van der Waals surface area contributed by atoms with Gasteiger partial charge in [0.15, 0.2) is 0 Å². The Labute approximate surface area is 80.0 Å².